The van der Waals surface area contributed by atoms with Crippen LogP contribution in [0.25, 0.3) is 0 Å². The van der Waals surface area contributed by atoms with E-state index >= 15 is 0 Å². The molecule has 0 fully saturated rings. The van der Waals surface area contributed by atoms with Gasteiger partial charge in [0.1, 0.15) is 5.01 Å². The van der Waals surface area contributed by atoms with Gasteiger partial charge in [-0.25, -0.2) is 22.9 Å². The van der Waals surface area contributed by atoms with Gasteiger partial charge in [-0.3, -0.25) is 0 Å². The van der Waals surface area contributed by atoms with Crippen molar-refractivity contribution in [3.8, 4) is 0 Å². The summed E-state index contributed by atoms with van der Waals surface area (Å²) in [6.07, 6.45) is 0. The molecule has 0 saturated carbocycles. The Hall–Kier alpha value is -1.00. The van der Waals surface area contributed by atoms with Crippen LogP contribution >= 0.6 is 38.9 Å². The molecular formula is C11H8BrClN2O4S2. The maximum atomic E-state index is 12.1. The minimum atomic E-state index is -3.73. The van der Waals surface area contributed by atoms with E-state index in [9.17, 15) is 13.2 Å². The van der Waals surface area contributed by atoms with Crippen LogP contribution in [-0.4, -0.2) is 24.5 Å². The number of thiazole rings is 1. The smallest absolute Gasteiger partial charge is 0.355 e. The van der Waals surface area contributed by atoms with Crippen molar-refractivity contribution in [2.45, 2.75) is 11.4 Å². The van der Waals surface area contributed by atoms with Gasteiger partial charge in [-0.15, -0.1) is 11.3 Å². The molecule has 0 bridgehead atoms. The fraction of sp³-hybridized carbons (Fsp3) is 0.0909. The molecule has 112 valence electrons. The number of carboxylic acid groups (broad SMARTS) is 1. The summed E-state index contributed by atoms with van der Waals surface area (Å²) < 4.78 is 27.0. The van der Waals surface area contributed by atoms with E-state index in [1.807, 2.05) is 0 Å². The van der Waals surface area contributed by atoms with Gasteiger partial charge in [0, 0.05) is 9.85 Å². The summed E-state index contributed by atoms with van der Waals surface area (Å²) in [6.45, 7) is -0.0828. The lowest BCUT2D eigenvalue weighted by molar-refractivity contribution is 0.0691. The first-order chi connectivity index (χ1) is 9.79. The van der Waals surface area contributed by atoms with E-state index < -0.39 is 16.0 Å². The van der Waals surface area contributed by atoms with E-state index in [0.29, 0.717) is 14.5 Å². The van der Waals surface area contributed by atoms with Gasteiger partial charge in [0.05, 0.1) is 16.5 Å². The number of rotatable bonds is 5. The highest BCUT2D eigenvalue weighted by atomic mass is 79.9. The largest absolute Gasteiger partial charge is 0.476 e. The quantitative estimate of drug-likeness (QED) is 0.788. The Kier molecular flexibility index (Phi) is 4.99. The molecule has 1 aromatic heterocycles. The number of hydrogen-bond acceptors (Lipinski definition) is 5. The maximum absolute atomic E-state index is 12.1. The van der Waals surface area contributed by atoms with Gasteiger partial charge >= 0.3 is 5.97 Å². The number of halogens is 2. The molecular weight excluding hydrogens is 404 g/mol. The third-order valence-electron chi connectivity index (χ3n) is 2.39. The highest BCUT2D eigenvalue weighted by Crippen LogP contribution is 2.25. The zero-order valence-corrected chi connectivity index (χ0v) is 14.2. The van der Waals surface area contributed by atoms with Crippen molar-refractivity contribution >= 4 is 54.9 Å². The lowest BCUT2D eigenvalue weighted by Gasteiger charge is -2.06. The van der Waals surface area contributed by atoms with Crippen molar-refractivity contribution in [2.75, 3.05) is 0 Å². The molecule has 0 aliphatic heterocycles. The van der Waals surface area contributed by atoms with E-state index in [1.54, 1.807) is 0 Å². The average Bonchev–Trinajstić information content (AvgIpc) is 2.89. The first-order valence-electron chi connectivity index (χ1n) is 5.42. The fourth-order valence-corrected chi connectivity index (χ4v) is 3.83. The van der Waals surface area contributed by atoms with E-state index in [0.717, 1.165) is 11.3 Å². The van der Waals surface area contributed by atoms with E-state index in [4.69, 9.17) is 16.7 Å². The Morgan fingerprint density at radius 2 is 2.19 bits per heavy atom. The van der Waals surface area contributed by atoms with E-state index in [1.165, 1.54) is 23.6 Å². The Balaban J connectivity index is 2.13. The predicted molar refractivity (Wildman–Crippen MR) is 82.3 cm³/mol. The van der Waals surface area contributed by atoms with Crippen LogP contribution in [0.5, 0.6) is 0 Å². The molecule has 1 heterocycles. The molecule has 0 amide bonds. The van der Waals surface area contributed by atoms with Crippen LogP contribution in [0.2, 0.25) is 5.02 Å². The summed E-state index contributed by atoms with van der Waals surface area (Å²) in [5, 5.41) is 10.9. The summed E-state index contributed by atoms with van der Waals surface area (Å²) in [7, 11) is -3.73. The molecule has 0 aliphatic rings. The van der Waals surface area contributed by atoms with Gasteiger partial charge in [0.2, 0.25) is 10.0 Å². The second-order valence-electron chi connectivity index (χ2n) is 3.83. The first-order valence-corrected chi connectivity index (χ1v) is 8.95. The summed E-state index contributed by atoms with van der Waals surface area (Å²) in [4.78, 5) is 14.5. The van der Waals surface area contributed by atoms with E-state index in [-0.39, 0.29) is 17.1 Å². The van der Waals surface area contributed by atoms with Gasteiger partial charge < -0.3 is 5.11 Å². The van der Waals surface area contributed by atoms with Gasteiger partial charge in [-0.05, 0) is 34.1 Å². The van der Waals surface area contributed by atoms with Crippen molar-refractivity contribution in [2.24, 2.45) is 0 Å². The fourth-order valence-electron chi connectivity index (χ4n) is 1.37. The van der Waals surface area contributed by atoms with Crippen LogP contribution in [0.4, 0.5) is 0 Å². The second-order valence-corrected chi connectivity index (χ2v) is 7.80. The summed E-state index contributed by atoms with van der Waals surface area (Å²) in [5.41, 5.74) is -0.108. The molecule has 21 heavy (non-hydrogen) atoms. The number of aromatic nitrogens is 1. The number of hydrogen-bond donors (Lipinski definition) is 2. The molecule has 6 nitrogen and oxygen atoms in total. The number of sulfonamides is 1. The molecule has 1 aromatic carbocycles. The molecule has 2 aromatic rings. The standard InChI is InChI=1S/C11H8BrClN2O4S2/c12-7-3-6(1-2-8(7)13)21(18,19)14-4-10-15-9(5-20-10)11(16)17/h1-3,5,14H,4H2,(H,16,17). The summed E-state index contributed by atoms with van der Waals surface area (Å²) in [5.74, 6) is -1.15. The number of aromatic carboxylic acids is 1. The number of carbonyl (C=O) groups is 1. The van der Waals surface area contributed by atoms with Gasteiger partial charge in [0.25, 0.3) is 0 Å². The molecule has 0 atom stereocenters. The second kappa shape index (κ2) is 6.41. The lowest BCUT2D eigenvalue weighted by Crippen LogP contribution is -2.23. The van der Waals surface area contributed by atoms with Crippen LogP contribution in [0.3, 0.4) is 0 Å². The van der Waals surface area contributed by atoms with Crippen LogP contribution in [0.15, 0.2) is 32.9 Å². The Morgan fingerprint density at radius 1 is 1.48 bits per heavy atom. The molecule has 0 radical (unpaired) electrons. The van der Waals surface area contributed by atoms with Crippen molar-refractivity contribution in [3.63, 3.8) is 0 Å². The van der Waals surface area contributed by atoms with Crippen LogP contribution in [-0.2, 0) is 16.6 Å². The summed E-state index contributed by atoms with van der Waals surface area (Å²) in [6, 6.07) is 4.22. The van der Waals surface area contributed by atoms with Gasteiger partial charge in [-0.2, -0.15) is 0 Å². The minimum absolute atomic E-state index is 0.0498. The third kappa shape index (κ3) is 4.01. The monoisotopic (exact) mass is 410 g/mol. The maximum Gasteiger partial charge on any atom is 0.355 e. The average molecular weight is 412 g/mol. The van der Waals surface area contributed by atoms with Crippen molar-refractivity contribution in [3.05, 3.63) is 43.8 Å². The number of nitrogens with one attached hydrogen (secondary N) is 1. The number of nitrogens with zero attached hydrogens (tertiary/aromatic N) is 1. The molecule has 2 N–H and O–H groups in total. The Morgan fingerprint density at radius 3 is 2.76 bits per heavy atom. The highest BCUT2D eigenvalue weighted by molar-refractivity contribution is 9.10. The third-order valence-corrected chi connectivity index (χ3v) is 5.85. The van der Waals surface area contributed by atoms with Crippen LogP contribution in [0.1, 0.15) is 15.5 Å². The first kappa shape index (κ1) is 16.4. The Bertz CT molecular complexity index is 791. The normalized spacial score (nSPS) is 11.5. The van der Waals surface area contributed by atoms with Crippen LogP contribution < -0.4 is 4.72 Å². The van der Waals surface area contributed by atoms with E-state index in [2.05, 4.69) is 25.6 Å². The zero-order valence-electron chi connectivity index (χ0n) is 10.2. The molecule has 0 spiro atoms. The highest BCUT2D eigenvalue weighted by Gasteiger charge is 2.16. The van der Waals surface area contributed by atoms with Crippen molar-refractivity contribution in [1.29, 1.82) is 0 Å². The van der Waals surface area contributed by atoms with Gasteiger partial charge in [0.15, 0.2) is 5.69 Å². The van der Waals surface area contributed by atoms with Crippen LogP contribution in [0, 0.1) is 0 Å². The minimum Gasteiger partial charge on any atom is -0.476 e. The number of benzene rings is 1. The molecule has 2 rings (SSSR count). The Labute approximate surface area is 138 Å². The molecule has 10 heteroatoms. The molecule has 0 unspecified atom stereocenters. The van der Waals surface area contributed by atoms with Gasteiger partial charge in [-0.1, -0.05) is 11.6 Å². The predicted octanol–water partition coefficient (Wildman–Crippen LogP) is 2.74. The topological polar surface area (TPSA) is 96.4 Å². The summed E-state index contributed by atoms with van der Waals surface area (Å²) >= 11 is 10.0. The lowest BCUT2D eigenvalue weighted by atomic mass is 10.4. The SMILES string of the molecule is O=C(O)c1csc(CNS(=O)(=O)c2ccc(Cl)c(Br)c2)n1. The zero-order chi connectivity index (χ0) is 15.6. The molecule has 0 aliphatic carbocycles. The molecule has 0 saturated heterocycles. The number of carboxylic acids is 1. The van der Waals surface area contributed by atoms with Crippen molar-refractivity contribution < 1.29 is 18.3 Å². The van der Waals surface area contributed by atoms with Crippen molar-refractivity contribution in [1.82, 2.24) is 9.71 Å².